The van der Waals surface area contributed by atoms with Crippen LogP contribution in [0, 0.1) is 0 Å². The number of anilines is 1. The average Bonchev–Trinajstić information content (AvgIpc) is 2.66. The van der Waals surface area contributed by atoms with Gasteiger partial charge in [-0.3, -0.25) is 9.52 Å². The van der Waals surface area contributed by atoms with Crippen molar-refractivity contribution in [1.29, 1.82) is 0 Å². The molecule has 1 atom stereocenters. The first-order valence-electron chi connectivity index (χ1n) is 6.05. The van der Waals surface area contributed by atoms with Crippen molar-refractivity contribution in [2.45, 2.75) is 18.9 Å². The number of carboxylic acids is 1. The van der Waals surface area contributed by atoms with E-state index in [9.17, 15) is 13.2 Å². The summed E-state index contributed by atoms with van der Waals surface area (Å²) in [6, 6.07) is 5.09. The number of H-pyrrole nitrogens is 1. The molecule has 0 amide bonds. The van der Waals surface area contributed by atoms with Crippen LogP contribution < -0.4 is 10.5 Å². The first kappa shape index (κ1) is 24.7. The molecule has 0 radical (unpaired) electrons. The van der Waals surface area contributed by atoms with Crippen LogP contribution in [0.15, 0.2) is 18.2 Å². The van der Waals surface area contributed by atoms with E-state index in [1.807, 2.05) is 0 Å². The van der Waals surface area contributed by atoms with Crippen LogP contribution in [0.1, 0.15) is 12.5 Å². The van der Waals surface area contributed by atoms with Gasteiger partial charge in [-0.15, -0.1) is 24.8 Å². The van der Waals surface area contributed by atoms with Crippen LogP contribution in [-0.2, 0) is 21.2 Å². The molecule has 7 N–H and O–H groups in total. The molecule has 0 saturated heterocycles. The summed E-state index contributed by atoms with van der Waals surface area (Å²) in [5, 5.41) is 9.02. The van der Waals surface area contributed by atoms with Crippen molar-refractivity contribution < 1.29 is 23.8 Å². The average molecular weight is 403 g/mol. The number of aromatic amines is 1. The molecule has 1 aromatic carbocycles. The highest BCUT2D eigenvalue weighted by molar-refractivity contribution is 7.91. The van der Waals surface area contributed by atoms with Crippen LogP contribution in [-0.4, -0.2) is 46.7 Å². The zero-order valence-corrected chi connectivity index (χ0v) is 15.3. The number of sulfonamides is 1. The number of imidazole rings is 1. The number of aliphatic carboxylic acids is 1. The molecule has 0 aliphatic heterocycles. The summed E-state index contributed by atoms with van der Waals surface area (Å²) in [5.74, 6) is -0.984. The molecule has 0 fully saturated rings. The van der Waals surface area contributed by atoms with E-state index in [2.05, 4.69) is 14.7 Å². The van der Waals surface area contributed by atoms with E-state index < -0.39 is 21.5 Å². The Morgan fingerprint density at radius 3 is 2.50 bits per heavy atom. The smallest absolute Gasteiger partial charge is 0.323 e. The van der Waals surface area contributed by atoms with E-state index in [4.69, 9.17) is 10.8 Å². The highest BCUT2D eigenvalue weighted by Crippen LogP contribution is 2.19. The maximum absolute atomic E-state index is 11.2. The second-order valence-electron chi connectivity index (χ2n) is 5.21. The number of halogens is 2. The number of carbonyl (C=O) groups is 1. The Labute approximate surface area is 151 Å². The molecule has 12 heteroatoms. The number of aromatic nitrogens is 2. The number of carboxylic acid groups (broad SMARTS) is 1. The minimum absolute atomic E-state index is 0. The number of nitrogens with zero attached hydrogens (tertiary/aromatic N) is 1. The zero-order valence-electron chi connectivity index (χ0n) is 12.9. The monoisotopic (exact) mass is 402 g/mol. The number of benzene rings is 1. The molecule has 0 saturated carbocycles. The minimum Gasteiger partial charge on any atom is -0.480 e. The van der Waals surface area contributed by atoms with Gasteiger partial charge in [0, 0.05) is 6.42 Å². The van der Waals surface area contributed by atoms with Crippen LogP contribution in [0.3, 0.4) is 0 Å². The fraction of sp³-hybridized carbons (Fsp3) is 0.333. The fourth-order valence-electron chi connectivity index (χ4n) is 1.88. The number of hydrogen-bond acceptors (Lipinski definition) is 5. The molecular formula is C12H20Cl2N4O5S. The molecule has 2 aromatic rings. The van der Waals surface area contributed by atoms with Crippen molar-refractivity contribution in [3.63, 3.8) is 0 Å². The van der Waals surface area contributed by atoms with Gasteiger partial charge in [0.05, 0.1) is 17.3 Å². The molecule has 1 heterocycles. The highest BCUT2D eigenvalue weighted by atomic mass is 35.5. The lowest BCUT2D eigenvalue weighted by Gasteiger charge is -2.18. The molecule has 138 valence electrons. The van der Waals surface area contributed by atoms with Crippen LogP contribution in [0.2, 0.25) is 0 Å². The van der Waals surface area contributed by atoms with Gasteiger partial charge in [0.25, 0.3) is 0 Å². The summed E-state index contributed by atoms with van der Waals surface area (Å²) >= 11 is 0. The summed E-state index contributed by atoms with van der Waals surface area (Å²) < 4.78 is 24.6. The molecule has 0 spiro atoms. The molecule has 2 rings (SSSR count). The second-order valence-corrected chi connectivity index (χ2v) is 6.96. The topological polar surface area (TPSA) is 170 Å². The Balaban J connectivity index is 0. The van der Waals surface area contributed by atoms with E-state index in [1.54, 1.807) is 18.2 Å². The van der Waals surface area contributed by atoms with Crippen LogP contribution >= 0.6 is 24.8 Å². The quantitative estimate of drug-likeness (QED) is 0.559. The summed E-state index contributed by atoms with van der Waals surface area (Å²) in [7, 11) is -3.42. The van der Waals surface area contributed by atoms with Gasteiger partial charge in [-0.25, -0.2) is 13.4 Å². The molecule has 1 aromatic heterocycles. The maximum Gasteiger partial charge on any atom is 0.323 e. The van der Waals surface area contributed by atoms with Gasteiger partial charge < -0.3 is 21.3 Å². The van der Waals surface area contributed by atoms with Gasteiger partial charge in [0.2, 0.25) is 16.0 Å². The van der Waals surface area contributed by atoms with Crippen molar-refractivity contribution in [2.75, 3.05) is 11.0 Å². The number of nitrogens with one attached hydrogen (secondary N) is 2. The van der Waals surface area contributed by atoms with Crippen molar-refractivity contribution in [3.8, 4) is 0 Å². The van der Waals surface area contributed by atoms with Crippen molar-refractivity contribution >= 4 is 57.8 Å². The summed E-state index contributed by atoms with van der Waals surface area (Å²) in [6.45, 7) is 1.43. The van der Waals surface area contributed by atoms with Crippen LogP contribution in [0.4, 0.5) is 5.95 Å². The third-order valence-electron chi connectivity index (χ3n) is 2.89. The van der Waals surface area contributed by atoms with Gasteiger partial charge in [0.1, 0.15) is 5.54 Å². The molecular weight excluding hydrogens is 383 g/mol. The lowest BCUT2D eigenvalue weighted by atomic mass is 9.94. The van der Waals surface area contributed by atoms with Gasteiger partial charge in [-0.2, -0.15) is 0 Å². The maximum atomic E-state index is 11.2. The normalized spacial score (nSPS) is 13.0. The van der Waals surface area contributed by atoms with Crippen LogP contribution in [0.5, 0.6) is 0 Å². The van der Waals surface area contributed by atoms with Gasteiger partial charge in [-0.05, 0) is 24.6 Å². The molecule has 24 heavy (non-hydrogen) atoms. The third-order valence-corrected chi connectivity index (χ3v) is 3.45. The van der Waals surface area contributed by atoms with E-state index >= 15 is 0 Å². The van der Waals surface area contributed by atoms with Gasteiger partial charge in [0.15, 0.2) is 0 Å². The van der Waals surface area contributed by atoms with Crippen molar-refractivity contribution in [2.24, 2.45) is 5.73 Å². The zero-order chi connectivity index (χ0) is 15.8. The molecule has 0 unspecified atom stereocenters. The largest absolute Gasteiger partial charge is 0.480 e. The predicted octanol–water partition coefficient (Wildman–Crippen LogP) is 0.298. The van der Waals surface area contributed by atoms with E-state index in [0.29, 0.717) is 16.6 Å². The molecule has 0 aliphatic carbocycles. The van der Waals surface area contributed by atoms with Gasteiger partial charge in [-0.1, -0.05) is 6.07 Å². The van der Waals surface area contributed by atoms with E-state index in [-0.39, 0.29) is 42.7 Å². The Morgan fingerprint density at radius 1 is 1.42 bits per heavy atom. The fourth-order valence-corrected chi connectivity index (χ4v) is 2.33. The van der Waals surface area contributed by atoms with Crippen LogP contribution in [0.25, 0.3) is 11.0 Å². The number of fused-ring (bicyclic) bond motifs is 1. The Hall–Kier alpha value is -1.59. The molecule has 0 aliphatic rings. The van der Waals surface area contributed by atoms with E-state index in [0.717, 1.165) is 6.26 Å². The first-order valence-corrected chi connectivity index (χ1v) is 7.95. The Bertz CT molecular complexity index is 807. The second kappa shape index (κ2) is 8.49. The number of hydrogen-bond donors (Lipinski definition) is 4. The van der Waals surface area contributed by atoms with Gasteiger partial charge >= 0.3 is 5.97 Å². The third kappa shape index (κ3) is 6.13. The van der Waals surface area contributed by atoms with E-state index in [1.165, 1.54) is 6.92 Å². The SMILES string of the molecule is C[C@](N)(Cc1ccc2[nH]c(NS(C)(=O)=O)nc2c1)C(=O)O.Cl.Cl.O. The summed E-state index contributed by atoms with van der Waals surface area (Å²) in [4.78, 5) is 17.9. The standard InChI is InChI=1S/C12H16N4O4S.2ClH.H2O/c1-12(13,10(17)18)6-7-3-4-8-9(5-7)15-11(14-8)16-21(2,19)20;;;/h3-5H,6,13H2,1-2H3,(H,17,18)(H2,14,15,16);2*1H;1H2/t12-;;;/m0.../s1. The Morgan fingerprint density at radius 2 is 2.00 bits per heavy atom. The molecule has 0 bridgehead atoms. The lowest BCUT2D eigenvalue weighted by Crippen LogP contribution is -2.46. The molecule has 9 nitrogen and oxygen atoms in total. The highest BCUT2D eigenvalue weighted by Gasteiger charge is 2.28. The van der Waals surface area contributed by atoms with Crippen molar-refractivity contribution in [3.05, 3.63) is 23.8 Å². The minimum atomic E-state index is -3.42. The number of nitrogens with two attached hydrogens (primary N) is 1. The summed E-state index contributed by atoms with van der Waals surface area (Å²) in [6.07, 6.45) is 1.16. The summed E-state index contributed by atoms with van der Waals surface area (Å²) in [5.41, 5.74) is 6.19. The lowest BCUT2D eigenvalue weighted by molar-refractivity contribution is -0.142. The number of rotatable bonds is 5. The van der Waals surface area contributed by atoms with Crippen molar-refractivity contribution in [1.82, 2.24) is 9.97 Å². The predicted molar refractivity (Wildman–Crippen MR) is 96.6 cm³/mol. The Kier molecular flexibility index (Phi) is 8.72. The first-order chi connectivity index (χ1) is 9.57.